The Hall–Kier alpha value is -4.37. The zero-order valence-electron chi connectivity index (χ0n) is 38.2. The van der Waals surface area contributed by atoms with E-state index in [0.717, 1.165) is 69.8 Å². The van der Waals surface area contributed by atoms with Gasteiger partial charge in [-0.1, -0.05) is 56.4 Å². The second kappa shape index (κ2) is 29.5. The van der Waals surface area contributed by atoms with Gasteiger partial charge in [-0.05, 0) is 121 Å². The van der Waals surface area contributed by atoms with Crippen molar-refractivity contribution < 1.29 is 143 Å². The fraction of sp³-hybridized carbons (Fsp3) is 0.196. The van der Waals surface area contributed by atoms with Gasteiger partial charge in [0.15, 0.2) is 0 Å². The van der Waals surface area contributed by atoms with Crippen molar-refractivity contribution in [1.29, 1.82) is 0 Å². The Morgan fingerprint density at radius 1 is 0.910 bits per heavy atom. The Balaban J connectivity index is 0.000000584. The summed E-state index contributed by atoms with van der Waals surface area (Å²) in [5.41, 5.74) is 10.8. The zero-order chi connectivity index (χ0) is 47.0. The second-order valence-electron chi connectivity index (χ2n) is 13.5. The monoisotopic (exact) mass is 974 g/mol. The number of aryl methyl sites for hydroxylation is 3. The molecule has 16 nitrogen and oxygen atoms in total. The Labute approximate surface area is 456 Å². The number of nitrogens with zero attached hydrogens (tertiary/aromatic N) is 3. The van der Waals surface area contributed by atoms with E-state index in [1.807, 2.05) is 31.2 Å². The van der Waals surface area contributed by atoms with E-state index in [2.05, 4.69) is 85.9 Å². The summed E-state index contributed by atoms with van der Waals surface area (Å²) in [5, 5.41) is 10.9. The summed E-state index contributed by atoms with van der Waals surface area (Å²) in [6.07, 6.45) is 7.98. The molecule has 0 fully saturated rings. The van der Waals surface area contributed by atoms with Crippen LogP contribution in [0.3, 0.4) is 0 Å². The van der Waals surface area contributed by atoms with E-state index in [1.54, 1.807) is 24.3 Å². The Bertz CT molecular complexity index is 2980. The number of anilines is 2. The first kappa shape index (κ1) is 60.6. The van der Waals surface area contributed by atoms with Crippen LogP contribution in [0.25, 0.3) is 11.6 Å². The van der Waals surface area contributed by atoms with Crippen molar-refractivity contribution in [3.8, 4) is 11.5 Å². The van der Waals surface area contributed by atoms with Crippen LogP contribution in [0.2, 0.25) is 0 Å². The molecule has 0 unspecified atom stereocenters. The third kappa shape index (κ3) is 17.0. The summed E-state index contributed by atoms with van der Waals surface area (Å²) in [7, 11) is -7.65. The van der Waals surface area contributed by atoms with Gasteiger partial charge in [-0.25, -0.2) is 18.3 Å². The first-order valence-corrected chi connectivity index (χ1v) is 21.8. The molecule has 0 bridgehead atoms. The summed E-state index contributed by atoms with van der Waals surface area (Å²) >= 11 is 0. The van der Waals surface area contributed by atoms with Gasteiger partial charge in [-0.2, -0.15) is 27.8 Å². The van der Waals surface area contributed by atoms with Gasteiger partial charge in [0.1, 0.15) is 27.5 Å². The van der Waals surface area contributed by atoms with Gasteiger partial charge in [-0.15, -0.1) is 24.8 Å². The first-order chi connectivity index (χ1) is 30.6. The topological polar surface area (TPSA) is 235 Å². The van der Waals surface area contributed by atoms with Crippen LogP contribution in [0.15, 0.2) is 112 Å². The number of fused-ring (bicyclic) bond motifs is 2. The predicted octanol–water partition coefficient (Wildman–Crippen LogP) is -3.53. The molecule has 5 aromatic rings. The number of esters is 1. The Kier molecular flexibility index (Phi) is 26.7. The smallest absolute Gasteiger partial charge is 0.744 e. The summed E-state index contributed by atoms with van der Waals surface area (Å²) in [5.74, 6) is 0.828. The molecule has 0 saturated carbocycles. The molecular formula is C46H41N4Na3O12S2. The normalized spacial score (nSPS) is 12.5. The van der Waals surface area contributed by atoms with Crippen LogP contribution in [-0.4, -0.2) is 62.2 Å². The van der Waals surface area contributed by atoms with Gasteiger partial charge < -0.3 is 24.2 Å². The fourth-order valence-electron chi connectivity index (χ4n) is 6.49. The van der Waals surface area contributed by atoms with E-state index in [-0.39, 0.29) is 111 Å². The van der Waals surface area contributed by atoms with E-state index in [4.69, 9.17) is 31.7 Å². The number of hydrogen-bond donors (Lipinski definition) is 1. The average Bonchev–Trinajstić information content (AvgIpc) is 3.63. The number of hydrogen-bond acceptors (Lipinski definition) is 15. The van der Waals surface area contributed by atoms with E-state index in [9.17, 15) is 22.6 Å². The quantitative estimate of drug-likeness (QED) is 0.0462. The number of rotatable bonds is 10. The number of ether oxygens (including phenoxy) is 2. The van der Waals surface area contributed by atoms with Crippen LogP contribution in [0.1, 0.15) is 71.8 Å². The summed E-state index contributed by atoms with van der Waals surface area (Å²) in [6, 6.07) is 30.9. The van der Waals surface area contributed by atoms with Crippen molar-refractivity contribution in [1.82, 2.24) is 0 Å². The molecule has 0 aliphatic carbocycles. The molecule has 0 atom stereocenters. The molecule has 0 radical (unpaired) electrons. The number of carbonyl (C=O) groups excluding carboxylic acids is 4. The van der Waals surface area contributed by atoms with Crippen molar-refractivity contribution in [2.45, 2.75) is 58.8 Å². The van der Waals surface area contributed by atoms with Gasteiger partial charge in [0.2, 0.25) is 0 Å². The van der Waals surface area contributed by atoms with Crippen molar-refractivity contribution in [2.24, 2.45) is 10.2 Å². The zero-order valence-corrected chi connectivity index (χ0v) is 45.8. The third-order valence-corrected chi connectivity index (χ3v) is 10.1. The number of hydrazone groups is 2. The largest absolute Gasteiger partial charge is 1.00 e. The second-order valence-corrected chi connectivity index (χ2v) is 15.3. The van der Waals surface area contributed by atoms with Crippen LogP contribution < -0.4 is 114 Å². The molecule has 0 saturated heterocycles. The number of benzene rings is 5. The Morgan fingerprint density at radius 3 is 2.12 bits per heavy atom. The molecule has 0 spiro atoms. The molecule has 1 amide bonds. The minimum atomic E-state index is -4.54. The molecule has 5 aromatic carbocycles. The first-order valence-electron chi connectivity index (χ1n) is 19.4. The van der Waals surface area contributed by atoms with Gasteiger partial charge in [0.25, 0.3) is 0 Å². The molecule has 2 aliphatic rings. The van der Waals surface area contributed by atoms with E-state index in [1.165, 1.54) is 34.0 Å². The maximum absolute atomic E-state index is 12.9. The van der Waals surface area contributed by atoms with Crippen molar-refractivity contribution in [3.05, 3.63) is 147 Å². The summed E-state index contributed by atoms with van der Waals surface area (Å²) in [6.45, 7) is 10.8. The fourth-order valence-corrected chi connectivity index (χ4v) is 6.96. The number of nitrogens with one attached hydrogen (secondary N) is 1. The maximum atomic E-state index is 12.9. The molecule has 2 aliphatic heterocycles. The third-order valence-electron chi connectivity index (χ3n) is 9.24. The van der Waals surface area contributed by atoms with E-state index >= 15 is 0 Å². The molecular weight excluding hydrogens is 934 g/mol. The Morgan fingerprint density at radius 2 is 1.54 bits per heavy atom. The minimum absolute atomic E-state index is 0. The van der Waals surface area contributed by atoms with Crippen LogP contribution in [0.5, 0.6) is 11.5 Å². The molecule has 0 aromatic heterocycles. The molecule has 67 heavy (non-hydrogen) atoms. The van der Waals surface area contributed by atoms with Crippen LogP contribution in [0, 0.1) is 19.9 Å². The maximum Gasteiger partial charge on any atom is 1.00 e. The van der Waals surface area contributed by atoms with Gasteiger partial charge in [0.05, 0.1) is 17.1 Å². The van der Waals surface area contributed by atoms with Gasteiger partial charge in [-0.3, -0.25) is 10.1 Å². The number of amides is 1. The van der Waals surface area contributed by atoms with Crippen molar-refractivity contribution >= 4 is 73.7 Å². The molecule has 332 valence electrons. The van der Waals surface area contributed by atoms with Gasteiger partial charge >= 0.3 is 111 Å². The van der Waals surface area contributed by atoms with Crippen molar-refractivity contribution in [3.63, 3.8) is 0 Å². The standard InChI is InChI=1S/C30H32O3.C15H10N4O4S.CO2.3Na.O3S/c1-6-11-21-17-27-25(15-19(21)4)29(23-13-9-10-14-24(23)30(31)32-8-3)26-16-20(5)22(12-7-2)18-28(26)33-27;20-15-14(18-17-11-4-2-1-3-5-11)10-16-19(15)12-6-8-13(9-7-12)24(21,22)23;2-1-3;;;;1-4(2)3/h9-11,13-18H,6-8,12H2,1-5H3;2-9,17H,(H,21,22,23);;;;;/q;-2;;3*+1;/p-1/b21-11-;;;;;;. The van der Waals surface area contributed by atoms with Crippen molar-refractivity contribution in [2.75, 3.05) is 17.0 Å². The average molecular weight is 975 g/mol. The minimum Gasteiger partial charge on any atom is -0.744 e. The number of carbonyl (C=O) groups is 2. The molecule has 1 N–H and O–H groups in total. The molecule has 21 heteroatoms. The molecule has 7 rings (SSSR count). The summed E-state index contributed by atoms with van der Waals surface area (Å²) < 4.78 is 69.9. The van der Waals surface area contributed by atoms with E-state index < -0.39 is 26.6 Å². The SMILES string of the molecule is CC/C=c1/cc2c(cc1C)=C(c1ccccc1C(=O)OCC)c1cc(C)c(CCC)cc1O2.O=C1C(=NNc2cc[c-]cc2)[C-]=NN1c1ccc(S(=O)(=O)[O-])cc1.O=C=O.O=S(=O)=O.[Na+].[Na+].[Na+]. The van der Waals surface area contributed by atoms with Crippen LogP contribution >= 0.6 is 0 Å². The van der Waals surface area contributed by atoms with Crippen LogP contribution in [0.4, 0.5) is 11.4 Å². The van der Waals surface area contributed by atoms with Crippen LogP contribution in [-0.2, 0) is 46.3 Å². The van der Waals surface area contributed by atoms with Gasteiger partial charge in [0, 0.05) is 22.0 Å². The predicted molar refractivity (Wildman–Crippen MR) is 235 cm³/mol. The summed E-state index contributed by atoms with van der Waals surface area (Å²) in [4.78, 5) is 41.0. The van der Waals surface area contributed by atoms with E-state index in [0.29, 0.717) is 23.5 Å². The molecule has 2 heterocycles.